The number of nitrogens with zero attached hydrogens (tertiary/aromatic N) is 7. The van der Waals surface area contributed by atoms with Crippen LogP contribution in [0.1, 0.15) is 24.8 Å². The molecule has 6 rings (SSSR count). The highest BCUT2D eigenvalue weighted by atomic mass is 35.5. The second-order valence-electron chi connectivity index (χ2n) is 11.0. The summed E-state index contributed by atoms with van der Waals surface area (Å²) in [6, 6.07) is 8.52. The van der Waals surface area contributed by atoms with Crippen molar-refractivity contribution >= 4 is 46.1 Å². The fourth-order valence-electron chi connectivity index (χ4n) is 6.18. The average molecular weight is 604 g/mol. The maximum absolute atomic E-state index is 12.5. The molecule has 0 spiro atoms. The van der Waals surface area contributed by atoms with Gasteiger partial charge in [0.05, 0.1) is 16.1 Å². The summed E-state index contributed by atoms with van der Waals surface area (Å²) in [5, 5.41) is 1.26. The van der Waals surface area contributed by atoms with Crippen molar-refractivity contribution in [1.29, 1.82) is 0 Å². The van der Waals surface area contributed by atoms with E-state index in [9.17, 15) is 4.79 Å². The van der Waals surface area contributed by atoms with Crippen molar-refractivity contribution in [3.8, 4) is 17.3 Å². The van der Waals surface area contributed by atoms with Crippen LogP contribution in [0.3, 0.4) is 0 Å². The van der Waals surface area contributed by atoms with Gasteiger partial charge in [0, 0.05) is 36.1 Å². The van der Waals surface area contributed by atoms with E-state index in [0.717, 1.165) is 48.9 Å². The number of anilines is 1. The van der Waals surface area contributed by atoms with Crippen LogP contribution < -0.4 is 9.64 Å². The zero-order chi connectivity index (χ0) is 29.2. The van der Waals surface area contributed by atoms with Gasteiger partial charge in [-0.05, 0) is 68.8 Å². The molecule has 0 saturated carbocycles. The molecule has 9 nitrogen and oxygen atoms in total. The van der Waals surface area contributed by atoms with Gasteiger partial charge in [0.15, 0.2) is 5.65 Å². The Hall–Kier alpha value is -3.39. The van der Waals surface area contributed by atoms with Crippen LogP contribution in [0, 0.1) is 6.57 Å². The Kier molecular flexibility index (Phi) is 8.52. The van der Waals surface area contributed by atoms with Gasteiger partial charge in [-0.25, -0.2) is 11.6 Å². The maximum atomic E-state index is 12.5. The van der Waals surface area contributed by atoms with Gasteiger partial charge in [-0.15, -0.1) is 11.8 Å². The summed E-state index contributed by atoms with van der Waals surface area (Å²) >= 11 is 8.85. The number of rotatable bonds is 7. The summed E-state index contributed by atoms with van der Waals surface area (Å²) in [6.45, 7) is 14.3. The first-order chi connectivity index (χ1) is 20.5. The smallest absolute Gasteiger partial charge is 0.320 e. The van der Waals surface area contributed by atoms with E-state index in [4.69, 9.17) is 37.9 Å². The molecule has 0 bridgehead atoms. The van der Waals surface area contributed by atoms with Crippen LogP contribution in [0.2, 0.25) is 5.02 Å². The van der Waals surface area contributed by atoms with Gasteiger partial charge in [-0.3, -0.25) is 4.79 Å². The van der Waals surface area contributed by atoms with E-state index in [1.54, 1.807) is 4.90 Å². The third-order valence-electron chi connectivity index (χ3n) is 8.44. The van der Waals surface area contributed by atoms with Crippen LogP contribution in [0.25, 0.3) is 27.1 Å². The van der Waals surface area contributed by atoms with Crippen LogP contribution >= 0.6 is 23.4 Å². The number of carbonyl (C=O) groups excluding carboxylic acids is 1. The number of amides is 1. The van der Waals surface area contributed by atoms with E-state index in [-0.39, 0.29) is 24.5 Å². The summed E-state index contributed by atoms with van der Waals surface area (Å²) in [7, 11) is 2.11. The lowest BCUT2D eigenvalue weighted by Gasteiger charge is -2.39. The van der Waals surface area contributed by atoms with Crippen molar-refractivity contribution in [2.24, 2.45) is 0 Å². The minimum atomic E-state index is -0.292. The maximum Gasteiger partial charge on any atom is 0.320 e. The second-order valence-corrected chi connectivity index (χ2v) is 12.6. The Morgan fingerprint density at radius 2 is 2.12 bits per heavy atom. The molecule has 2 fully saturated rings. The summed E-state index contributed by atoms with van der Waals surface area (Å²) in [4.78, 5) is 38.2. The Morgan fingerprint density at radius 3 is 2.90 bits per heavy atom. The Labute approximate surface area is 255 Å². The molecule has 42 heavy (non-hydrogen) atoms. The van der Waals surface area contributed by atoms with Gasteiger partial charge in [0.25, 0.3) is 0 Å². The summed E-state index contributed by atoms with van der Waals surface area (Å²) < 4.78 is 6.22. The summed E-state index contributed by atoms with van der Waals surface area (Å²) in [5.41, 5.74) is 3.54. The number of likely N-dealkylation sites (tertiary alicyclic amines) is 1. The van der Waals surface area contributed by atoms with Crippen molar-refractivity contribution in [1.82, 2.24) is 24.8 Å². The topological polar surface area (TPSA) is 79.1 Å². The van der Waals surface area contributed by atoms with E-state index >= 15 is 0 Å². The van der Waals surface area contributed by atoms with Gasteiger partial charge >= 0.3 is 6.01 Å². The third-order valence-corrected chi connectivity index (χ3v) is 9.91. The Bertz CT molecular complexity index is 1560. The average Bonchev–Trinajstić information content (AvgIpc) is 3.43. The molecule has 1 aromatic carbocycles. The molecule has 2 saturated heterocycles. The number of thioether (sulfide) groups is 1. The fourth-order valence-corrected chi connectivity index (χ4v) is 7.50. The molecule has 11 heteroatoms. The number of likely N-dealkylation sites (N-methyl/N-ethyl adjacent to an activating group) is 1. The highest BCUT2D eigenvalue weighted by molar-refractivity contribution is 7.99. The zero-order valence-electron chi connectivity index (χ0n) is 23.8. The summed E-state index contributed by atoms with van der Waals surface area (Å²) in [6.07, 6.45) is 5.64. The van der Waals surface area contributed by atoms with Crippen LogP contribution in [-0.2, 0) is 11.2 Å². The molecule has 218 valence electrons. The van der Waals surface area contributed by atoms with Crippen LogP contribution in [0.4, 0.5) is 5.82 Å². The quantitative estimate of drug-likeness (QED) is 0.276. The van der Waals surface area contributed by atoms with E-state index < -0.39 is 0 Å². The number of halogens is 1. The molecule has 0 aliphatic carbocycles. The summed E-state index contributed by atoms with van der Waals surface area (Å²) in [5.74, 6) is 1.60. The van der Waals surface area contributed by atoms with Crippen molar-refractivity contribution in [2.45, 2.75) is 42.7 Å². The van der Waals surface area contributed by atoms with E-state index in [2.05, 4.69) is 46.5 Å². The number of hydrogen-bond donors (Lipinski definition) is 0. The molecular formula is C31H34ClN7O2S. The molecule has 0 N–H and O–H groups in total. The van der Waals surface area contributed by atoms with Gasteiger partial charge < -0.3 is 24.3 Å². The molecular weight excluding hydrogens is 570 g/mol. The molecule has 3 aliphatic heterocycles. The number of carbonyl (C=O) groups is 1. The number of pyridine rings is 1. The van der Waals surface area contributed by atoms with Gasteiger partial charge in [0.2, 0.25) is 12.5 Å². The van der Waals surface area contributed by atoms with E-state index in [1.807, 2.05) is 17.8 Å². The zero-order valence-corrected chi connectivity index (χ0v) is 25.3. The molecule has 3 aliphatic rings. The molecule has 0 radical (unpaired) electrons. The first-order valence-electron chi connectivity index (χ1n) is 14.4. The number of fused-ring (bicyclic) bond motifs is 2. The minimum Gasteiger partial charge on any atom is -0.462 e. The molecule has 1 amide bonds. The lowest BCUT2D eigenvalue weighted by Crippen LogP contribution is -2.56. The third kappa shape index (κ3) is 5.65. The molecule has 3 aromatic rings. The lowest BCUT2D eigenvalue weighted by atomic mass is 9.99. The van der Waals surface area contributed by atoms with Crippen LogP contribution in [-0.4, -0.2) is 94.9 Å². The monoisotopic (exact) mass is 603 g/mol. The number of benzene rings is 1. The first-order valence-corrected chi connectivity index (χ1v) is 15.8. The van der Waals surface area contributed by atoms with Crippen LogP contribution in [0.5, 0.6) is 6.01 Å². The highest BCUT2D eigenvalue weighted by Crippen LogP contribution is 2.40. The normalized spacial score (nSPS) is 20.8. The Balaban J connectivity index is 1.42. The van der Waals surface area contributed by atoms with Crippen molar-refractivity contribution in [3.63, 3.8) is 0 Å². The largest absolute Gasteiger partial charge is 0.462 e. The highest BCUT2D eigenvalue weighted by Gasteiger charge is 2.33. The van der Waals surface area contributed by atoms with Gasteiger partial charge in [-0.1, -0.05) is 30.3 Å². The number of hydrogen-bond acceptors (Lipinski definition) is 8. The van der Waals surface area contributed by atoms with Crippen molar-refractivity contribution < 1.29 is 9.53 Å². The Morgan fingerprint density at radius 1 is 1.24 bits per heavy atom. The number of ether oxygens (including phenoxy) is 1. The predicted molar refractivity (Wildman–Crippen MR) is 167 cm³/mol. The van der Waals surface area contributed by atoms with E-state index in [1.165, 1.54) is 16.5 Å². The SMILES string of the molecule is [C-]#[N+]C[C@H]1CN(c2nc(OC[C@@H]3CCCN3C)nc3nc(-c4cccc5c4CCCS5)c(Cl)cc23)CCN1C(=O)C=C. The van der Waals surface area contributed by atoms with Crippen LogP contribution in [0.15, 0.2) is 41.8 Å². The molecule has 2 aromatic heterocycles. The van der Waals surface area contributed by atoms with Gasteiger partial charge in [0.1, 0.15) is 18.5 Å². The van der Waals surface area contributed by atoms with Gasteiger partial charge in [-0.2, -0.15) is 9.97 Å². The van der Waals surface area contributed by atoms with Crippen molar-refractivity contribution in [3.05, 3.63) is 58.9 Å². The molecule has 2 atom stereocenters. The predicted octanol–water partition coefficient (Wildman–Crippen LogP) is 4.98. The lowest BCUT2D eigenvalue weighted by molar-refractivity contribution is -0.128. The van der Waals surface area contributed by atoms with Crippen molar-refractivity contribution in [2.75, 3.05) is 57.0 Å². The van der Waals surface area contributed by atoms with E-state index in [0.29, 0.717) is 54.5 Å². The minimum absolute atomic E-state index is 0.167. The molecule has 5 heterocycles. The number of aromatic nitrogens is 3. The molecule has 0 unspecified atom stereocenters. The number of piperazine rings is 1. The fraction of sp³-hybridized carbons (Fsp3) is 0.452. The standard InChI is InChI=1S/C31H34ClN7O2S/c1-4-27(40)39-14-13-38(18-21(39)17-33-2)30-24-16-25(32)28(23-9-5-11-26-22(23)10-7-15-42-26)34-29(24)35-31(36-30)41-19-20-8-6-12-37(20)3/h4-5,9,11,16,20-21H,1,6-8,10,12-15,17-19H2,3H3/t20-,21-/m0/s1. The first kappa shape index (κ1) is 28.7. The second kappa shape index (κ2) is 12.5.